The van der Waals surface area contributed by atoms with Crippen LogP contribution in [0.1, 0.15) is 39.0 Å². The van der Waals surface area contributed by atoms with Crippen molar-refractivity contribution in [1.82, 2.24) is 10.2 Å². The molecule has 16 heavy (non-hydrogen) atoms. The third-order valence-corrected chi connectivity index (χ3v) is 3.66. The van der Waals surface area contributed by atoms with Crippen molar-refractivity contribution < 1.29 is 14.7 Å². The minimum atomic E-state index is -0.897. The lowest BCUT2D eigenvalue weighted by Crippen LogP contribution is -2.56. The smallest absolute Gasteiger partial charge is 0.326 e. The largest absolute Gasteiger partial charge is 0.480 e. The maximum atomic E-state index is 11.9. The molecule has 2 N–H and O–H groups in total. The number of carboxylic acid groups (broad SMARTS) is 1. The lowest BCUT2D eigenvalue weighted by atomic mass is 9.79. The second kappa shape index (κ2) is 3.96. The number of urea groups is 1. The van der Waals surface area contributed by atoms with E-state index in [2.05, 4.69) is 5.32 Å². The minimum absolute atomic E-state index is 0.108. The lowest BCUT2D eigenvalue weighted by Gasteiger charge is -2.40. The normalized spacial score (nSPS) is 27.3. The Hall–Kier alpha value is -1.26. The van der Waals surface area contributed by atoms with E-state index in [9.17, 15) is 9.59 Å². The summed E-state index contributed by atoms with van der Waals surface area (Å²) in [4.78, 5) is 24.3. The molecular weight excluding hydrogens is 208 g/mol. The average molecular weight is 226 g/mol. The Balaban J connectivity index is 1.95. The summed E-state index contributed by atoms with van der Waals surface area (Å²) in [6.45, 7) is 2.57. The van der Waals surface area contributed by atoms with Crippen LogP contribution >= 0.6 is 0 Å². The van der Waals surface area contributed by atoms with Crippen LogP contribution in [0.25, 0.3) is 0 Å². The first kappa shape index (κ1) is 11.2. The summed E-state index contributed by atoms with van der Waals surface area (Å²) in [7, 11) is 0. The Morgan fingerprint density at radius 2 is 2.06 bits per heavy atom. The fourth-order valence-corrected chi connectivity index (χ4v) is 2.43. The summed E-state index contributed by atoms with van der Waals surface area (Å²) in [5, 5.41) is 11.9. The maximum Gasteiger partial charge on any atom is 0.326 e. The Labute approximate surface area is 94.8 Å². The highest BCUT2D eigenvalue weighted by atomic mass is 16.4. The van der Waals surface area contributed by atoms with Crippen molar-refractivity contribution in [3.8, 4) is 0 Å². The number of rotatable bonds is 2. The zero-order chi connectivity index (χ0) is 11.8. The third kappa shape index (κ3) is 1.99. The molecule has 1 heterocycles. The van der Waals surface area contributed by atoms with Crippen LogP contribution in [0.2, 0.25) is 0 Å². The van der Waals surface area contributed by atoms with E-state index in [1.807, 2.05) is 6.92 Å². The number of carbonyl (C=O) groups excluding carboxylic acids is 1. The molecule has 5 heteroatoms. The predicted molar refractivity (Wildman–Crippen MR) is 58.2 cm³/mol. The summed E-state index contributed by atoms with van der Waals surface area (Å²) in [5.41, 5.74) is -0.108. The zero-order valence-corrected chi connectivity index (χ0v) is 9.53. The Bertz CT molecular complexity index is 312. The van der Waals surface area contributed by atoms with Gasteiger partial charge in [0.1, 0.15) is 6.04 Å². The fraction of sp³-hybridized carbons (Fsp3) is 0.818. The topological polar surface area (TPSA) is 69.6 Å². The number of hydrogen-bond acceptors (Lipinski definition) is 2. The summed E-state index contributed by atoms with van der Waals surface area (Å²) >= 11 is 0. The number of aliphatic carboxylic acids is 1. The van der Waals surface area contributed by atoms with Gasteiger partial charge in [0.25, 0.3) is 0 Å². The number of nitrogens with zero attached hydrogens (tertiary/aromatic N) is 1. The van der Waals surface area contributed by atoms with Gasteiger partial charge in [-0.25, -0.2) is 9.59 Å². The number of nitrogens with one attached hydrogen (secondary N) is 1. The summed E-state index contributed by atoms with van der Waals surface area (Å²) in [6, 6.07) is -0.851. The van der Waals surface area contributed by atoms with Crippen LogP contribution in [0.5, 0.6) is 0 Å². The van der Waals surface area contributed by atoms with Crippen LogP contribution in [0.15, 0.2) is 0 Å². The highest BCUT2D eigenvalue weighted by Gasteiger charge is 2.39. The van der Waals surface area contributed by atoms with Gasteiger partial charge in [-0.3, -0.25) is 0 Å². The van der Waals surface area contributed by atoms with Gasteiger partial charge in [0, 0.05) is 12.1 Å². The Morgan fingerprint density at radius 3 is 2.56 bits per heavy atom. The van der Waals surface area contributed by atoms with Gasteiger partial charge in [-0.15, -0.1) is 0 Å². The van der Waals surface area contributed by atoms with E-state index in [1.165, 1.54) is 4.90 Å². The summed E-state index contributed by atoms with van der Waals surface area (Å²) in [5.74, 6) is -0.897. The molecule has 2 fully saturated rings. The van der Waals surface area contributed by atoms with Gasteiger partial charge in [-0.05, 0) is 39.0 Å². The quantitative estimate of drug-likeness (QED) is 0.743. The van der Waals surface area contributed by atoms with Gasteiger partial charge in [0.2, 0.25) is 0 Å². The van der Waals surface area contributed by atoms with Crippen molar-refractivity contribution in [2.24, 2.45) is 0 Å². The van der Waals surface area contributed by atoms with Gasteiger partial charge in [0.15, 0.2) is 0 Å². The molecule has 90 valence electrons. The van der Waals surface area contributed by atoms with Crippen molar-refractivity contribution in [3.63, 3.8) is 0 Å². The Morgan fingerprint density at radius 1 is 1.38 bits per heavy atom. The fourth-order valence-electron chi connectivity index (χ4n) is 2.43. The molecule has 0 aromatic carbocycles. The molecule has 2 rings (SSSR count). The van der Waals surface area contributed by atoms with Crippen molar-refractivity contribution >= 4 is 12.0 Å². The SMILES string of the molecule is CC1(NC(=O)N2CCC[C@H]2C(=O)O)CCC1. The van der Waals surface area contributed by atoms with Gasteiger partial charge < -0.3 is 15.3 Å². The number of hydrogen-bond donors (Lipinski definition) is 2. The molecule has 0 unspecified atom stereocenters. The molecule has 0 aromatic heterocycles. The highest BCUT2D eigenvalue weighted by Crippen LogP contribution is 2.31. The molecule has 0 aromatic rings. The molecule has 1 aliphatic heterocycles. The van der Waals surface area contributed by atoms with Gasteiger partial charge in [-0.1, -0.05) is 0 Å². The highest BCUT2D eigenvalue weighted by molar-refractivity contribution is 5.83. The first-order chi connectivity index (χ1) is 7.52. The van der Waals surface area contributed by atoms with Crippen LogP contribution < -0.4 is 5.32 Å². The number of carboxylic acids is 1. The number of carbonyl (C=O) groups is 2. The van der Waals surface area contributed by atoms with E-state index in [-0.39, 0.29) is 11.6 Å². The van der Waals surface area contributed by atoms with Gasteiger partial charge >= 0.3 is 12.0 Å². The van der Waals surface area contributed by atoms with E-state index < -0.39 is 12.0 Å². The van der Waals surface area contributed by atoms with Crippen LogP contribution in [0.4, 0.5) is 4.79 Å². The number of likely N-dealkylation sites (tertiary alicyclic amines) is 1. The third-order valence-electron chi connectivity index (χ3n) is 3.66. The van der Waals surface area contributed by atoms with E-state index in [1.54, 1.807) is 0 Å². The second-order valence-corrected chi connectivity index (χ2v) is 5.03. The summed E-state index contributed by atoms with van der Waals surface area (Å²) in [6.07, 6.45) is 4.47. The molecule has 0 radical (unpaired) electrons. The van der Waals surface area contributed by atoms with E-state index in [4.69, 9.17) is 5.11 Å². The Kier molecular flexibility index (Phi) is 2.78. The van der Waals surface area contributed by atoms with Gasteiger partial charge in [0.05, 0.1) is 0 Å². The molecule has 1 aliphatic carbocycles. The summed E-state index contributed by atoms with van der Waals surface area (Å²) < 4.78 is 0. The van der Waals surface area contributed by atoms with Crippen molar-refractivity contribution in [2.75, 3.05) is 6.54 Å². The first-order valence-electron chi connectivity index (χ1n) is 5.83. The first-order valence-corrected chi connectivity index (χ1v) is 5.83. The molecule has 1 saturated heterocycles. The van der Waals surface area contributed by atoms with E-state index in [0.29, 0.717) is 13.0 Å². The molecule has 5 nitrogen and oxygen atoms in total. The molecule has 1 atom stereocenters. The predicted octanol–water partition coefficient (Wildman–Crippen LogP) is 1.19. The molecule has 2 aliphatic rings. The van der Waals surface area contributed by atoms with Crippen molar-refractivity contribution in [3.05, 3.63) is 0 Å². The molecule has 0 spiro atoms. The van der Waals surface area contributed by atoms with Gasteiger partial charge in [-0.2, -0.15) is 0 Å². The monoisotopic (exact) mass is 226 g/mol. The van der Waals surface area contributed by atoms with Crippen LogP contribution in [0.3, 0.4) is 0 Å². The molecule has 2 amide bonds. The molecule has 0 bridgehead atoms. The number of amides is 2. The second-order valence-electron chi connectivity index (χ2n) is 5.03. The van der Waals surface area contributed by atoms with Crippen LogP contribution in [-0.2, 0) is 4.79 Å². The van der Waals surface area contributed by atoms with Crippen LogP contribution in [0, 0.1) is 0 Å². The van der Waals surface area contributed by atoms with E-state index in [0.717, 1.165) is 25.7 Å². The van der Waals surface area contributed by atoms with E-state index >= 15 is 0 Å². The van der Waals surface area contributed by atoms with Crippen molar-refractivity contribution in [1.29, 1.82) is 0 Å². The average Bonchev–Trinajstić information content (AvgIpc) is 2.63. The lowest BCUT2D eigenvalue weighted by molar-refractivity contribution is -0.141. The zero-order valence-electron chi connectivity index (χ0n) is 9.53. The van der Waals surface area contributed by atoms with Crippen LogP contribution in [-0.4, -0.2) is 40.1 Å². The minimum Gasteiger partial charge on any atom is -0.480 e. The maximum absolute atomic E-state index is 11.9. The standard InChI is InChI=1S/C11H18N2O3/c1-11(5-3-6-11)12-10(16)13-7-2-4-8(13)9(14)15/h8H,2-7H2,1H3,(H,12,16)(H,14,15)/t8-/m0/s1. The van der Waals surface area contributed by atoms with Crippen molar-refractivity contribution in [2.45, 2.75) is 50.6 Å². The molecule has 1 saturated carbocycles. The molecular formula is C11H18N2O3.